The topological polar surface area (TPSA) is 35.8 Å². The molecule has 0 aromatic heterocycles. The normalized spacial score (nSPS) is 18.4. The van der Waals surface area contributed by atoms with Crippen LogP contribution in [0.2, 0.25) is 5.02 Å². The van der Waals surface area contributed by atoms with Crippen molar-refractivity contribution in [1.29, 1.82) is 0 Å². The second kappa shape index (κ2) is 7.30. The van der Waals surface area contributed by atoms with Crippen molar-refractivity contribution in [1.82, 2.24) is 0 Å². The molecule has 2 atom stereocenters. The van der Waals surface area contributed by atoms with Crippen molar-refractivity contribution in [2.45, 2.75) is 18.9 Å². The van der Waals surface area contributed by atoms with Gasteiger partial charge in [0.2, 0.25) is 6.30 Å². The second-order valence-corrected chi connectivity index (χ2v) is 6.26. The summed E-state index contributed by atoms with van der Waals surface area (Å²) in [4.78, 5) is 3.86. The van der Waals surface area contributed by atoms with Crippen LogP contribution in [0.25, 0.3) is 0 Å². The highest BCUT2D eigenvalue weighted by Crippen LogP contribution is 2.34. The number of alkyl halides is 3. The van der Waals surface area contributed by atoms with E-state index in [4.69, 9.17) is 23.8 Å². The zero-order valence-corrected chi connectivity index (χ0v) is 14.5. The van der Waals surface area contributed by atoms with E-state index in [0.29, 0.717) is 4.90 Å². The first-order valence-electron chi connectivity index (χ1n) is 7.37. The predicted octanol–water partition coefficient (Wildman–Crippen LogP) is 4.34. The van der Waals surface area contributed by atoms with E-state index in [0.717, 1.165) is 0 Å². The van der Waals surface area contributed by atoms with E-state index in [1.54, 1.807) is 0 Å². The summed E-state index contributed by atoms with van der Waals surface area (Å²) in [5.74, 6) is -0.658. The third-order valence-corrected chi connectivity index (χ3v) is 4.41. The maximum Gasteiger partial charge on any atom is 0.288 e. The average Bonchev–Trinajstić information content (AvgIpc) is 2.70. The van der Waals surface area contributed by atoms with E-state index in [9.17, 15) is 22.7 Å². The molecule has 0 fully saturated rings. The summed E-state index contributed by atoms with van der Waals surface area (Å²) in [6.45, 7) is 0. The van der Waals surface area contributed by atoms with Gasteiger partial charge < -0.3 is 5.11 Å². The number of rotatable bonds is 3. The van der Waals surface area contributed by atoms with Gasteiger partial charge in [-0.15, -0.1) is 0 Å². The molecule has 0 radical (unpaired) electrons. The van der Waals surface area contributed by atoms with E-state index in [2.05, 4.69) is 4.99 Å². The second-order valence-electron chi connectivity index (χ2n) is 5.41. The largest absolute Gasteiger partial charge is 0.366 e. The average molecular weight is 403 g/mol. The lowest BCUT2D eigenvalue weighted by atomic mass is 9.99. The molecule has 3 nitrogen and oxygen atoms in total. The fourth-order valence-corrected chi connectivity index (χ4v) is 3.06. The summed E-state index contributed by atoms with van der Waals surface area (Å²) >= 11 is 10.9. The van der Waals surface area contributed by atoms with Gasteiger partial charge >= 0.3 is 0 Å². The number of benzodiazepines with no additional fused rings is 1. The van der Waals surface area contributed by atoms with Crippen LogP contribution in [0.1, 0.15) is 11.1 Å². The van der Waals surface area contributed by atoms with Gasteiger partial charge in [-0.1, -0.05) is 36.0 Å². The quantitative estimate of drug-likeness (QED) is 0.471. The molecule has 1 aliphatic heterocycles. The minimum atomic E-state index is -3.39. The van der Waals surface area contributed by atoms with Crippen molar-refractivity contribution >= 4 is 40.2 Å². The number of halogens is 5. The molecule has 136 valence electrons. The monoisotopic (exact) mass is 402 g/mol. The van der Waals surface area contributed by atoms with E-state index in [1.165, 1.54) is 42.5 Å². The number of fused-ring (bicyclic) bond motifs is 1. The van der Waals surface area contributed by atoms with Crippen LogP contribution >= 0.6 is 23.8 Å². The first-order valence-corrected chi connectivity index (χ1v) is 8.16. The molecule has 0 saturated heterocycles. The molecule has 3 rings (SSSR count). The Hall–Kier alpha value is -2.03. The van der Waals surface area contributed by atoms with Crippen LogP contribution in [-0.4, -0.2) is 34.8 Å². The van der Waals surface area contributed by atoms with Gasteiger partial charge in [-0.05, 0) is 30.3 Å². The summed E-state index contributed by atoms with van der Waals surface area (Å²) in [6.07, 6.45) is -8.02. The number of aliphatic hydroxyl groups excluding tert-OH is 1. The molecule has 26 heavy (non-hydrogen) atoms. The van der Waals surface area contributed by atoms with Gasteiger partial charge in [0, 0.05) is 16.1 Å². The minimum Gasteiger partial charge on any atom is -0.366 e. The van der Waals surface area contributed by atoms with Crippen LogP contribution in [0.3, 0.4) is 0 Å². The number of benzene rings is 2. The van der Waals surface area contributed by atoms with Crippen molar-refractivity contribution < 1.29 is 22.7 Å². The summed E-state index contributed by atoms with van der Waals surface area (Å²) in [5.41, 5.74) is -0.0952. The number of hydrogen-bond donors (Lipinski definition) is 1. The number of anilines is 1. The van der Waals surface area contributed by atoms with E-state index < -0.39 is 29.8 Å². The third-order valence-electron chi connectivity index (χ3n) is 3.77. The van der Waals surface area contributed by atoms with Gasteiger partial charge in [0.25, 0.3) is 6.43 Å². The van der Waals surface area contributed by atoms with Crippen molar-refractivity contribution in [2.24, 2.45) is 4.99 Å². The van der Waals surface area contributed by atoms with Crippen LogP contribution in [0.4, 0.5) is 23.2 Å². The van der Waals surface area contributed by atoms with E-state index >= 15 is 0 Å². The SMILES string of the molecule is OC1N=C(c2ccccc2F)c2cc(Cl)ccc2N(C(F)C(F)F)C1=S. The number of aliphatic imine (C=N–C) groups is 1. The van der Waals surface area contributed by atoms with Gasteiger partial charge in [-0.25, -0.2) is 22.6 Å². The number of hydrogen-bond acceptors (Lipinski definition) is 3. The molecule has 2 aromatic rings. The lowest BCUT2D eigenvalue weighted by Crippen LogP contribution is -2.45. The predicted molar refractivity (Wildman–Crippen MR) is 95.5 cm³/mol. The zero-order chi connectivity index (χ0) is 19.0. The molecular formula is C17H11ClF4N2OS. The highest BCUT2D eigenvalue weighted by atomic mass is 35.5. The number of aliphatic hydroxyl groups is 1. The summed E-state index contributed by atoms with van der Waals surface area (Å²) < 4.78 is 54.5. The van der Waals surface area contributed by atoms with Crippen LogP contribution in [0.5, 0.6) is 0 Å². The minimum absolute atomic E-state index is 0.00725. The molecule has 2 aromatic carbocycles. The van der Waals surface area contributed by atoms with Crippen molar-refractivity contribution in [3.05, 3.63) is 64.4 Å². The Labute approximate surface area is 156 Å². The number of thiocarbonyl (C=S) groups is 1. The fourth-order valence-electron chi connectivity index (χ4n) is 2.63. The molecule has 1 aliphatic rings. The van der Waals surface area contributed by atoms with Crippen LogP contribution in [-0.2, 0) is 0 Å². The molecule has 0 spiro atoms. The molecule has 0 bridgehead atoms. The van der Waals surface area contributed by atoms with E-state index in [1.807, 2.05) is 0 Å². The highest BCUT2D eigenvalue weighted by Gasteiger charge is 2.37. The van der Waals surface area contributed by atoms with Crippen LogP contribution < -0.4 is 4.90 Å². The molecule has 0 saturated carbocycles. The Morgan fingerprint density at radius 2 is 1.81 bits per heavy atom. The summed E-state index contributed by atoms with van der Waals surface area (Å²) in [7, 11) is 0. The van der Waals surface area contributed by atoms with Crippen molar-refractivity contribution in [3.63, 3.8) is 0 Å². The van der Waals surface area contributed by atoms with Crippen LogP contribution in [0.15, 0.2) is 47.5 Å². The van der Waals surface area contributed by atoms with Crippen molar-refractivity contribution in [2.75, 3.05) is 4.90 Å². The smallest absolute Gasteiger partial charge is 0.288 e. The van der Waals surface area contributed by atoms with Gasteiger partial charge in [-0.2, -0.15) is 0 Å². The van der Waals surface area contributed by atoms with Gasteiger partial charge in [0.05, 0.1) is 11.4 Å². The van der Waals surface area contributed by atoms with E-state index in [-0.39, 0.29) is 27.5 Å². The summed E-state index contributed by atoms with van der Waals surface area (Å²) in [6, 6.07) is 9.51. The lowest BCUT2D eigenvalue weighted by molar-refractivity contribution is 0.0543. The highest BCUT2D eigenvalue weighted by molar-refractivity contribution is 7.80. The first-order chi connectivity index (χ1) is 12.3. The molecule has 0 amide bonds. The first kappa shape index (κ1) is 18.8. The third kappa shape index (κ3) is 3.32. The maximum absolute atomic E-state index is 14.3. The maximum atomic E-state index is 14.3. The number of nitrogens with zero attached hydrogens (tertiary/aromatic N) is 2. The molecule has 2 unspecified atom stereocenters. The Balaban J connectivity index is 2.29. The molecule has 9 heteroatoms. The molecular weight excluding hydrogens is 392 g/mol. The van der Waals surface area contributed by atoms with Gasteiger partial charge in [0.1, 0.15) is 10.8 Å². The molecule has 0 aliphatic carbocycles. The fraction of sp³-hybridized carbons (Fsp3) is 0.176. The van der Waals surface area contributed by atoms with Gasteiger partial charge in [0.15, 0.2) is 6.23 Å². The molecule has 1 N–H and O–H groups in total. The Bertz CT molecular complexity index is 893. The van der Waals surface area contributed by atoms with Crippen LogP contribution in [0, 0.1) is 5.82 Å². The zero-order valence-electron chi connectivity index (χ0n) is 12.9. The Kier molecular flexibility index (Phi) is 5.27. The lowest BCUT2D eigenvalue weighted by Gasteiger charge is -2.29. The van der Waals surface area contributed by atoms with Crippen molar-refractivity contribution in [3.8, 4) is 0 Å². The Morgan fingerprint density at radius 1 is 1.12 bits per heavy atom. The molecule has 1 heterocycles. The standard InChI is InChI=1S/C17H11ClF4N2OS/c18-8-5-6-12-10(7-8)13(9-3-1-2-4-11(9)19)23-16(25)17(26)24(12)15(22)14(20)21/h1-7,14-16,25H. The Morgan fingerprint density at radius 3 is 2.46 bits per heavy atom. The summed E-state index contributed by atoms with van der Waals surface area (Å²) in [5, 5.41) is 10.4. The van der Waals surface area contributed by atoms with Gasteiger partial charge in [-0.3, -0.25) is 4.90 Å².